The van der Waals surface area contributed by atoms with Crippen LogP contribution < -0.4 is 9.20 Å². The summed E-state index contributed by atoms with van der Waals surface area (Å²) in [6.07, 6.45) is 0. The molecular formula is C9H12OSe. The second kappa shape index (κ2) is 3.79. The van der Waals surface area contributed by atoms with Gasteiger partial charge in [-0.1, -0.05) is 0 Å². The molecule has 60 valence electrons. The normalized spacial score (nSPS) is 14.9. The van der Waals surface area contributed by atoms with Gasteiger partial charge >= 0.3 is 77.6 Å². The monoisotopic (exact) mass is 219 g/mol. The van der Waals surface area contributed by atoms with Gasteiger partial charge in [0.1, 0.15) is 0 Å². The van der Waals surface area contributed by atoms with Gasteiger partial charge in [0.05, 0.1) is 0 Å². The topological polar surface area (TPSA) is 9.23 Å². The van der Waals surface area contributed by atoms with Crippen molar-refractivity contribution in [2.24, 2.45) is 0 Å². The van der Waals surface area contributed by atoms with Crippen LogP contribution in [0.3, 0.4) is 0 Å². The van der Waals surface area contributed by atoms with E-state index in [1.807, 2.05) is 25.1 Å². The molecule has 11 heavy (non-hydrogen) atoms. The molecule has 1 nitrogen and oxygen atoms in total. The van der Waals surface area contributed by atoms with Gasteiger partial charge in [0, 0.05) is 0 Å². The molecule has 0 atom stereocenters. The summed E-state index contributed by atoms with van der Waals surface area (Å²) in [4.78, 5) is 0. The Labute approximate surface area is 78.1 Å². The molecule has 0 heterocycles. The first-order valence-electron chi connectivity index (χ1n) is 4.76. The fourth-order valence-electron chi connectivity index (χ4n) is 0.864. The van der Waals surface area contributed by atoms with Crippen molar-refractivity contribution in [2.45, 2.75) is 12.7 Å². The SMILES string of the molecule is [1H][13C]([2H])([2H])[Se]c1cc(C)ccc1OC. The zero-order valence-corrected chi connectivity index (χ0v) is 8.26. The number of aryl methyl sites for hydroxylation is 1. The van der Waals surface area contributed by atoms with Crippen LogP contribution in [0.15, 0.2) is 18.2 Å². The zero-order valence-electron chi connectivity index (χ0n) is 9.55. The Morgan fingerprint density at radius 3 is 3.18 bits per heavy atom. The summed E-state index contributed by atoms with van der Waals surface area (Å²) in [5.41, 5.74) is 1.06. The Morgan fingerprint density at radius 1 is 1.73 bits per heavy atom. The van der Waals surface area contributed by atoms with Gasteiger partial charge in [-0.05, 0) is 0 Å². The maximum atomic E-state index is 7.22. The van der Waals surface area contributed by atoms with Crippen molar-refractivity contribution in [1.29, 1.82) is 0 Å². The van der Waals surface area contributed by atoms with Crippen LogP contribution in [0, 0.1) is 6.92 Å². The summed E-state index contributed by atoms with van der Waals surface area (Å²) in [7, 11) is 1.56. The summed E-state index contributed by atoms with van der Waals surface area (Å²) < 4.78 is 27.6. The standard InChI is InChI=1S/C9H12OSe/c1-7-4-5-8(10-2)9(6-7)11-3/h4-6H,1-3H3/i3+1D2H. The third-order valence-electron chi connectivity index (χ3n) is 1.43. The van der Waals surface area contributed by atoms with E-state index in [1.54, 1.807) is 7.11 Å². The Kier molecular flexibility index (Phi) is 1.80. The van der Waals surface area contributed by atoms with Crippen molar-refractivity contribution in [2.75, 3.05) is 7.11 Å². The van der Waals surface area contributed by atoms with Gasteiger partial charge in [0.15, 0.2) is 0 Å². The minimum absolute atomic E-state index is 0.537. The van der Waals surface area contributed by atoms with Crippen molar-refractivity contribution < 1.29 is 8.85 Å². The fraction of sp³-hybridized carbons (Fsp3) is 0.333. The number of methoxy groups -OCH3 is 1. The van der Waals surface area contributed by atoms with E-state index in [0.29, 0.717) is 5.75 Å². The van der Waals surface area contributed by atoms with Gasteiger partial charge in [-0.25, -0.2) is 0 Å². The quantitative estimate of drug-likeness (QED) is 0.538. The van der Waals surface area contributed by atoms with E-state index < -0.39 is 20.7 Å². The fourth-order valence-corrected chi connectivity index (χ4v) is 1.91. The first-order valence-corrected chi connectivity index (χ1v) is 4.97. The summed E-state index contributed by atoms with van der Waals surface area (Å²) in [6, 6.07) is 5.61. The Morgan fingerprint density at radius 2 is 2.55 bits per heavy atom. The summed E-state index contributed by atoms with van der Waals surface area (Å²) in [5.74, 6) is -1.21. The minimum atomic E-state index is -1.88. The van der Waals surface area contributed by atoms with E-state index in [-0.39, 0.29) is 0 Å². The predicted octanol–water partition coefficient (Wildman–Crippen LogP) is 1.38. The summed E-state index contributed by atoms with van der Waals surface area (Å²) >= 11 is -0.537. The number of rotatable bonds is 2. The molecule has 0 saturated heterocycles. The van der Waals surface area contributed by atoms with Gasteiger partial charge in [-0.3, -0.25) is 0 Å². The van der Waals surface area contributed by atoms with Crippen LogP contribution in [0.5, 0.6) is 5.75 Å². The molecule has 0 aliphatic rings. The van der Waals surface area contributed by atoms with E-state index in [2.05, 4.69) is 0 Å². The van der Waals surface area contributed by atoms with Crippen LogP contribution in [0.1, 0.15) is 9.68 Å². The molecule has 0 aliphatic carbocycles. The molecule has 0 aliphatic heterocycles. The summed E-state index contributed by atoms with van der Waals surface area (Å²) in [5, 5.41) is 0. The molecular weight excluding hydrogens is 204 g/mol. The van der Waals surface area contributed by atoms with Crippen molar-refractivity contribution in [3.63, 3.8) is 0 Å². The van der Waals surface area contributed by atoms with Crippen molar-refractivity contribution in [3.8, 4) is 5.75 Å². The van der Waals surface area contributed by atoms with Crippen molar-refractivity contribution in [1.82, 2.24) is 0 Å². The number of hydrogen-bond donors (Lipinski definition) is 0. The molecule has 0 unspecified atom stereocenters. The Hall–Kier alpha value is -0.461. The van der Waals surface area contributed by atoms with Crippen LogP contribution in [-0.4, -0.2) is 22.1 Å². The van der Waals surface area contributed by atoms with Gasteiger partial charge < -0.3 is 0 Å². The molecule has 1 aromatic rings. The second-order valence-electron chi connectivity index (χ2n) is 2.26. The van der Waals surface area contributed by atoms with Crippen LogP contribution in [0.25, 0.3) is 0 Å². The van der Waals surface area contributed by atoms with Crippen molar-refractivity contribution in [3.05, 3.63) is 23.8 Å². The Balaban J connectivity index is 2.99. The van der Waals surface area contributed by atoms with Crippen LogP contribution in [0.4, 0.5) is 0 Å². The number of benzene rings is 1. The molecule has 0 aromatic heterocycles. The van der Waals surface area contributed by atoms with Gasteiger partial charge in [0.2, 0.25) is 0 Å². The molecule has 0 N–H and O–H groups in total. The van der Waals surface area contributed by atoms with E-state index in [0.717, 1.165) is 10.0 Å². The number of hydrogen-bond acceptors (Lipinski definition) is 1. The molecule has 0 fully saturated rings. The van der Waals surface area contributed by atoms with Crippen LogP contribution in [-0.2, 0) is 0 Å². The van der Waals surface area contributed by atoms with Crippen LogP contribution in [0.2, 0.25) is 5.75 Å². The molecule has 0 amide bonds. The second-order valence-corrected chi connectivity index (χ2v) is 3.61. The third-order valence-corrected chi connectivity index (χ3v) is 2.56. The maximum absolute atomic E-state index is 7.22. The summed E-state index contributed by atoms with van der Waals surface area (Å²) in [6.45, 7) is 1.94. The number of ether oxygens (including phenoxy) is 1. The third kappa shape index (κ3) is 1.98. The van der Waals surface area contributed by atoms with Gasteiger partial charge in [-0.2, -0.15) is 0 Å². The van der Waals surface area contributed by atoms with Gasteiger partial charge in [0.25, 0.3) is 0 Å². The first-order chi connectivity index (χ1) is 6.42. The molecule has 1 rings (SSSR count). The molecule has 0 saturated carbocycles. The van der Waals surface area contributed by atoms with E-state index >= 15 is 0 Å². The average molecular weight is 218 g/mol. The molecule has 0 spiro atoms. The van der Waals surface area contributed by atoms with Crippen LogP contribution >= 0.6 is 0 Å². The van der Waals surface area contributed by atoms with E-state index in [1.165, 1.54) is 0 Å². The predicted molar refractivity (Wildman–Crippen MR) is 49.0 cm³/mol. The molecule has 2 heteroatoms. The van der Waals surface area contributed by atoms with Gasteiger partial charge in [-0.15, -0.1) is 0 Å². The van der Waals surface area contributed by atoms with E-state index in [4.69, 9.17) is 8.85 Å². The molecule has 0 bridgehead atoms. The zero-order chi connectivity index (χ0) is 10.8. The molecule has 0 radical (unpaired) electrons. The average Bonchev–Trinajstić information content (AvgIpc) is 2.01. The first kappa shape index (κ1) is 5.23. The van der Waals surface area contributed by atoms with Crippen molar-refractivity contribution >= 4 is 19.4 Å². The van der Waals surface area contributed by atoms with E-state index in [9.17, 15) is 0 Å². The molecule has 1 aromatic carbocycles. The Bertz CT molecular complexity index is 322.